The van der Waals surface area contributed by atoms with Crippen LogP contribution in [-0.4, -0.2) is 52.2 Å². The minimum absolute atomic E-state index is 0.339. The molecule has 1 aromatic heterocycles. The van der Waals surface area contributed by atoms with Crippen LogP contribution in [0.5, 0.6) is 11.6 Å². The summed E-state index contributed by atoms with van der Waals surface area (Å²) in [6.07, 6.45) is 0.453. The zero-order valence-electron chi connectivity index (χ0n) is 19.6. The van der Waals surface area contributed by atoms with Crippen LogP contribution in [0.1, 0.15) is 37.1 Å². The van der Waals surface area contributed by atoms with E-state index in [-0.39, 0.29) is 0 Å². The van der Waals surface area contributed by atoms with Crippen LogP contribution < -0.4 is 4.74 Å². The Bertz CT molecular complexity index is 954. The quantitative estimate of drug-likeness (QED) is 0.437. The minimum atomic E-state index is -0.535. The second kappa shape index (κ2) is 11.8. The molecule has 172 valence electrons. The first-order chi connectivity index (χ1) is 15.5. The molecule has 0 radical (unpaired) electrons. The fourth-order valence-electron chi connectivity index (χ4n) is 3.67. The highest BCUT2D eigenvalue weighted by Gasteiger charge is 2.22. The molecule has 0 bridgehead atoms. The lowest BCUT2D eigenvalue weighted by Crippen LogP contribution is -2.35. The molecular weight excluding hydrogens is 402 g/mol. The summed E-state index contributed by atoms with van der Waals surface area (Å²) in [6, 6.07) is 18.1. The fraction of sp³-hybridized carbons (Fsp3) is 0.423. The van der Waals surface area contributed by atoms with E-state index >= 15 is 0 Å². The average Bonchev–Trinajstić information content (AvgIpc) is 3.09. The van der Waals surface area contributed by atoms with Crippen LogP contribution in [0.2, 0.25) is 0 Å². The molecule has 0 spiro atoms. The largest absolute Gasteiger partial charge is 0.439 e. The van der Waals surface area contributed by atoms with E-state index in [1.165, 1.54) is 5.56 Å². The highest BCUT2D eigenvalue weighted by atomic mass is 16.5. The van der Waals surface area contributed by atoms with E-state index in [2.05, 4.69) is 18.7 Å². The molecule has 1 heterocycles. The van der Waals surface area contributed by atoms with Crippen molar-refractivity contribution in [2.75, 3.05) is 26.3 Å². The Labute approximate surface area is 191 Å². The monoisotopic (exact) mass is 437 g/mol. The van der Waals surface area contributed by atoms with Crippen molar-refractivity contribution in [1.82, 2.24) is 14.7 Å². The molecule has 1 unspecified atom stereocenters. The second-order valence-electron chi connectivity index (χ2n) is 8.08. The Morgan fingerprint density at radius 2 is 1.75 bits per heavy atom. The van der Waals surface area contributed by atoms with Crippen LogP contribution in [0.3, 0.4) is 0 Å². The van der Waals surface area contributed by atoms with Crippen molar-refractivity contribution < 1.29 is 14.6 Å². The highest BCUT2D eigenvalue weighted by Crippen LogP contribution is 2.31. The predicted molar refractivity (Wildman–Crippen MR) is 128 cm³/mol. The molecule has 0 fully saturated rings. The summed E-state index contributed by atoms with van der Waals surface area (Å²) in [6.45, 7) is 11.1. The van der Waals surface area contributed by atoms with Crippen molar-refractivity contribution in [2.24, 2.45) is 0 Å². The van der Waals surface area contributed by atoms with Crippen LogP contribution in [0, 0.1) is 13.8 Å². The molecule has 6 nitrogen and oxygen atoms in total. The van der Waals surface area contributed by atoms with E-state index in [0.717, 1.165) is 35.7 Å². The zero-order valence-corrected chi connectivity index (χ0v) is 19.6. The second-order valence-corrected chi connectivity index (χ2v) is 8.08. The summed E-state index contributed by atoms with van der Waals surface area (Å²) in [5, 5.41) is 15.2. The number of aromatic nitrogens is 2. The Morgan fingerprint density at radius 3 is 2.41 bits per heavy atom. The average molecular weight is 438 g/mol. The van der Waals surface area contributed by atoms with Gasteiger partial charge in [0.1, 0.15) is 5.75 Å². The third-order valence-corrected chi connectivity index (χ3v) is 5.28. The number of ether oxygens (including phenoxy) is 2. The van der Waals surface area contributed by atoms with Crippen LogP contribution in [0.4, 0.5) is 0 Å². The Balaban J connectivity index is 1.94. The number of benzene rings is 2. The first-order valence-electron chi connectivity index (χ1n) is 11.4. The van der Waals surface area contributed by atoms with Gasteiger partial charge in [-0.2, -0.15) is 5.10 Å². The molecule has 0 saturated heterocycles. The lowest BCUT2D eigenvalue weighted by Gasteiger charge is -2.25. The van der Waals surface area contributed by atoms with E-state index in [4.69, 9.17) is 14.6 Å². The van der Waals surface area contributed by atoms with Gasteiger partial charge in [0, 0.05) is 19.7 Å². The molecular formula is C26H35N3O3. The van der Waals surface area contributed by atoms with Gasteiger partial charge in [0.2, 0.25) is 5.88 Å². The molecule has 6 heteroatoms. The van der Waals surface area contributed by atoms with Crippen molar-refractivity contribution in [3.63, 3.8) is 0 Å². The van der Waals surface area contributed by atoms with Gasteiger partial charge in [-0.25, -0.2) is 4.68 Å². The van der Waals surface area contributed by atoms with Gasteiger partial charge in [-0.1, -0.05) is 42.8 Å². The van der Waals surface area contributed by atoms with Crippen molar-refractivity contribution >= 4 is 0 Å². The van der Waals surface area contributed by atoms with Crippen LogP contribution in [0.15, 0.2) is 54.6 Å². The van der Waals surface area contributed by atoms with E-state index < -0.39 is 6.10 Å². The Morgan fingerprint density at radius 1 is 1.03 bits per heavy atom. The maximum absolute atomic E-state index is 10.4. The molecule has 0 saturated carbocycles. The van der Waals surface area contributed by atoms with Crippen LogP contribution in [-0.2, 0) is 11.3 Å². The summed E-state index contributed by atoms with van der Waals surface area (Å²) in [4.78, 5) is 2.24. The minimum Gasteiger partial charge on any atom is -0.439 e. The van der Waals surface area contributed by atoms with Gasteiger partial charge in [0.15, 0.2) is 0 Å². The van der Waals surface area contributed by atoms with Gasteiger partial charge >= 0.3 is 0 Å². The molecule has 2 aromatic carbocycles. The molecule has 0 amide bonds. The van der Waals surface area contributed by atoms with E-state index in [9.17, 15) is 5.11 Å². The Kier molecular flexibility index (Phi) is 8.85. The molecule has 32 heavy (non-hydrogen) atoms. The van der Waals surface area contributed by atoms with Gasteiger partial charge in [-0.3, -0.25) is 4.90 Å². The Hall–Kier alpha value is -2.67. The number of nitrogens with zero attached hydrogens (tertiary/aromatic N) is 3. The maximum Gasteiger partial charge on any atom is 0.227 e. The third-order valence-electron chi connectivity index (χ3n) is 5.28. The number of hydrogen-bond acceptors (Lipinski definition) is 5. The molecule has 0 aliphatic heterocycles. The van der Waals surface area contributed by atoms with Crippen molar-refractivity contribution in [2.45, 2.75) is 46.8 Å². The summed E-state index contributed by atoms with van der Waals surface area (Å²) in [7, 11) is 0. The maximum atomic E-state index is 10.4. The topological polar surface area (TPSA) is 59.8 Å². The normalized spacial score (nSPS) is 12.3. The lowest BCUT2D eigenvalue weighted by atomic mass is 10.2. The molecule has 1 atom stereocenters. The molecule has 0 aliphatic rings. The van der Waals surface area contributed by atoms with Gasteiger partial charge < -0.3 is 14.6 Å². The SMILES string of the molecule is CCCN(Cc1c(C)nn(-c2ccccc2)c1Oc1ccc(C)cc1)CC(O)COCC. The standard InChI is InChI=1S/C26H35N3O3/c1-5-16-28(17-23(30)19-31-6-2)18-25-21(4)27-29(22-10-8-7-9-11-22)26(25)32-24-14-12-20(3)13-15-24/h7-15,23,30H,5-6,16-19H2,1-4H3. The number of aliphatic hydroxyl groups excluding tert-OH is 1. The van der Waals surface area contributed by atoms with Crippen LogP contribution in [0.25, 0.3) is 5.69 Å². The molecule has 0 aliphatic carbocycles. The number of aryl methyl sites for hydroxylation is 2. The van der Waals surface area contributed by atoms with Crippen molar-refractivity contribution in [3.05, 3.63) is 71.4 Å². The highest BCUT2D eigenvalue weighted by molar-refractivity contribution is 5.43. The smallest absolute Gasteiger partial charge is 0.227 e. The van der Waals surface area contributed by atoms with E-state index in [0.29, 0.717) is 32.2 Å². The predicted octanol–water partition coefficient (Wildman–Crippen LogP) is 4.89. The van der Waals surface area contributed by atoms with Crippen molar-refractivity contribution in [3.8, 4) is 17.3 Å². The van der Waals surface area contributed by atoms with Gasteiger partial charge in [-0.15, -0.1) is 0 Å². The van der Waals surface area contributed by atoms with Gasteiger partial charge in [0.25, 0.3) is 0 Å². The third kappa shape index (κ3) is 6.42. The first kappa shape index (κ1) is 24.0. The first-order valence-corrected chi connectivity index (χ1v) is 11.4. The number of hydrogen-bond donors (Lipinski definition) is 1. The zero-order chi connectivity index (χ0) is 22.9. The molecule has 3 rings (SSSR count). The summed E-state index contributed by atoms with van der Waals surface area (Å²) in [5.74, 6) is 1.48. The summed E-state index contributed by atoms with van der Waals surface area (Å²) >= 11 is 0. The number of para-hydroxylation sites is 1. The molecule has 1 N–H and O–H groups in total. The van der Waals surface area contributed by atoms with Gasteiger partial charge in [0.05, 0.1) is 29.7 Å². The van der Waals surface area contributed by atoms with E-state index in [1.807, 2.05) is 73.1 Å². The van der Waals surface area contributed by atoms with Crippen molar-refractivity contribution in [1.29, 1.82) is 0 Å². The fourth-order valence-corrected chi connectivity index (χ4v) is 3.67. The summed E-state index contributed by atoms with van der Waals surface area (Å²) < 4.78 is 13.7. The lowest BCUT2D eigenvalue weighted by molar-refractivity contribution is 0.0195. The molecule has 3 aromatic rings. The number of aliphatic hydroxyl groups is 1. The van der Waals surface area contributed by atoms with Crippen LogP contribution >= 0.6 is 0 Å². The van der Waals surface area contributed by atoms with E-state index in [1.54, 1.807) is 0 Å². The van der Waals surface area contributed by atoms with Gasteiger partial charge in [-0.05, 0) is 58.0 Å². The number of rotatable bonds is 12. The summed E-state index contributed by atoms with van der Waals surface area (Å²) in [5.41, 5.74) is 4.06.